The molecule has 3 nitrogen and oxygen atoms in total. The van der Waals surface area contributed by atoms with Gasteiger partial charge in [0.05, 0.1) is 6.04 Å². The maximum absolute atomic E-state index is 11.2. The van der Waals surface area contributed by atoms with E-state index in [-0.39, 0.29) is 17.8 Å². The molecule has 2 aromatic rings. The molecule has 1 aromatic carbocycles. The summed E-state index contributed by atoms with van der Waals surface area (Å²) in [5.41, 5.74) is 1.90. The predicted molar refractivity (Wildman–Crippen MR) is 68.2 cm³/mol. The van der Waals surface area contributed by atoms with Crippen molar-refractivity contribution in [2.75, 3.05) is 5.88 Å². The van der Waals surface area contributed by atoms with E-state index in [1.807, 2.05) is 38.1 Å². The van der Waals surface area contributed by atoms with Crippen LogP contribution in [-0.4, -0.2) is 11.8 Å². The molecule has 4 heteroatoms. The fourth-order valence-corrected chi connectivity index (χ4v) is 2.03. The smallest absolute Gasteiger partial charge is 0.235 e. The van der Waals surface area contributed by atoms with Gasteiger partial charge in [0.15, 0.2) is 0 Å². The SMILES string of the molecule is Cc1c([C@@H](C)NC(=O)CCl)oc2ccccc12. The molecular formula is C13H14ClNO2. The third-order valence-electron chi connectivity index (χ3n) is 2.77. The van der Waals surface area contributed by atoms with Crippen molar-refractivity contribution < 1.29 is 9.21 Å². The number of aryl methyl sites for hydroxylation is 1. The molecule has 0 aliphatic heterocycles. The number of hydrogen-bond donors (Lipinski definition) is 1. The number of furan rings is 1. The number of para-hydroxylation sites is 1. The van der Waals surface area contributed by atoms with Crippen LogP contribution in [0.2, 0.25) is 0 Å². The minimum Gasteiger partial charge on any atom is -0.459 e. The molecule has 0 bridgehead atoms. The number of carbonyl (C=O) groups excluding carboxylic acids is 1. The zero-order chi connectivity index (χ0) is 12.4. The molecule has 0 saturated carbocycles. The lowest BCUT2D eigenvalue weighted by Gasteiger charge is -2.11. The van der Waals surface area contributed by atoms with E-state index in [0.717, 1.165) is 22.3 Å². The second kappa shape index (κ2) is 4.80. The first-order chi connectivity index (χ1) is 8.13. The van der Waals surface area contributed by atoms with Crippen LogP contribution >= 0.6 is 11.6 Å². The largest absolute Gasteiger partial charge is 0.459 e. The topological polar surface area (TPSA) is 42.2 Å². The van der Waals surface area contributed by atoms with Gasteiger partial charge in [-0.05, 0) is 19.9 Å². The van der Waals surface area contributed by atoms with Gasteiger partial charge in [0.25, 0.3) is 0 Å². The Hall–Kier alpha value is -1.48. The van der Waals surface area contributed by atoms with Crippen molar-refractivity contribution in [3.8, 4) is 0 Å². The summed E-state index contributed by atoms with van der Waals surface area (Å²) < 4.78 is 5.75. The zero-order valence-corrected chi connectivity index (χ0v) is 10.5. The first-order valence-electron chi connectivity index (χ1n) is 5.47. The summed E-state index contributed by atoms with van der Waals surface area (Å²) in [5.74, 6) is 0.549. The van der Waals surface area contributed by atoms with Crippen molar-refractivity contribution in [3.05, 3.63) is 35.6 Å². The van der Waals surface area contributed by atoms with Crippen molar-refractivity contribution in [1.82, 2.24) is 5.32 Å². The van der Waals surface area contributed by atoms with Gasteiger partial charge >= 0.3 is 0 Å². The maximum atomic E-state index is 11.2. The first-order valence-corrected chi connectivity index (χ1v) is 6.00. The van der Waals surface area contributed by atoms with Gasteiger partial charge < -0.3 is 9.73 Å². The monoisotopic (exact) mass is 251 g/mol. The van der Waals surface area contributed by atoms with E-state index in [1.54, 1.807) is 0 Å². The molecule has 0 spiro atoms. The molecule has 0 saturated heterocycles. The van der Waals surface area contributed by atoms with Gasteiger partial charge in [0.2, 0.25) is 5.91 Å². The van der Waals surface area contributed by atoms with E-state index >= 15 is 0 Å². The second-order valence-electron chi connectivity index (χ2n) is 4.01. The third kappa shape index (κ3) is 2.29. The van der Waals surface area contributed by atoms with Crippen molar-refractivity contribution in [1.29, 1.82) is 0 Å². The Morgan fingerprint density at radius 3 is 2.82 bits per heavy atom. The Kier molecular flexibility index (Phi) is 3.38. The van der Waals surface area contributed by atoms with Crippen LogP contribution in [0, 0.1) is 6.92 Å². The summed E-state index contributed by atoms with van der Waals surface area (Å²) in [6, 6.07) is 7.65. The van der Waals surface area contributed by atoms with E-state index in [1.165, 1.54) is 0 Å². The van der Waals surface area contributed by atoms with Gasteiger partial charge in [-0.15, -0.1) is 11.6 Å². The summed E-state index contributed by atoms with van der Waals surface area (Å²) in [6.07, 6.45) is 0. The molecule has 0 aliphatic carbocycles. The van der Waals surface area contributed by atoms with E-state index < -0.39 is 0 Å². The lowest BCUT2D eigenvalue weighted by molar-refractivity contribution is -0.119. The Morgan fingerprint density at radius 2 is 2.18 bits per heavy atom. The number of nitrogens with one attached hydrogen (secondary N) is 1. The van der Waals surface area contributed by atoms with Crippen LogP contribution in [0.4, 0.5) is 0 Å². The van der Waals surface area contributed by atoms with Gasteiger partial charge in [-0.1, -0.05) is 18.2 Å². The number of amides is 1. The molecule has 1 N–H and O–H groups in total. The Labute approximate surface area is 105 Å². The highest BCUT2D eigenvalue weighted by atomic mass is 35.5. The van der Waals surface area contributed by atoms with Crippen LogP contribution in [0.3, 0.4) is 0 Å². The summed E-state index contributed by atoms with van der Waals surface area (Å²) in [7, 11) is 0. The van der Waals surface area contributed by atoms with E-state index in [2.05, 4.69) is 5.32 Å². The summed E-state index contributed by atoms with van der Waals surface area (Å²) in [6.45, 7) is 3.87. The first kappa shape index (κ1) is 12.0. The fourth-order valence-electron chi connectivity index (χ4n) is 1.95. The van der Waals surface area contributed by atoms with Gasteiger partial charge in [0.1, 0.15) is 17.2 Å². The van der Waals surface area contributed by atoms with Crippen molar-refractivity contribution in [3.63, 3.8) is 0 Å². The van der Waals surface area contributed by atoms with Crippen LogP contribution in [0.1, 0.15) is 24.3 Å². The lowest BCUT2D eigenvalue weighted by atomic mass is 10.1. The number of benzene rings is 1. The highest BCUT2D eigenvalue weighted by molar-refractivity contribution is 6.27. The summed E-state index contributed by atoms with van der Waals surface area (Å²) in [4.78, 5) is 11.2. The van der Waals surface area contributed by atoms with Crippen LogP contribution in [0.15, 0.2) is 28.7 Å². The van der Waals surface area contributed by atoms with Gasteiger partial charge in [-0.25, -0.2) is 0 Å². The normalized spacial score (nSPS) is 12.6. The molecule has 90 valence electrons. The predicted octanol–water partition coefficient (Wildman–Crippen LogP) is 3.16. The van der Waals surface area contributed by atoms with E-state index in [4.69, 9.17) is 16.0 Å². The van der Waals surface area contributed by atoms with Gasteiger partial charge in [-0.3, -0.25) is 4.79 Å². The van der Waals surface area contributed by atoms with Crippen LogP contribution in [0.5, 0.6) is 0 Å². The highest BCUT2D eigenvalue weighted by Crippen LogP contribution is 2.28. The fraction of sp³-hybridized carbons (Fsp3) is 0.308. The minimum atomic E-state index is -0.195. The molecule has 1 aromatic heterocycles. The molecule has 1 heterocycles. The molecule has 1 amide bonds. The molecule has 0 fully saturated rings. The maximum Gasteiger partial charge on any atom is 0.235 e. The van der Waals surface area contributed by atoms with Crippen LogP contribution in [0.25, 0.3) is 11.0 Å². The zero-order valence-electron chi connectivity index (χ0n) is 9.79. The van der Waals surface area contributed by atoms with Crippen molar-refractivity contribution in [2.24, 2.45) is 0 Å². The van der Waals surface area contributed by atoms with Crippen LogP contribution < -0.4 is 5.32 Å². The van der Waals surface area contributed by atoms with Crippen molar-refractivity contribution >= 4 is 28.5 Å². The molecule has 0 radical (unpaired) electrons. The van der Waals surface area contributed by atoms with Crippen molar-refractivity contribution in [2.45, 2.75) is 19.9 Å². The number of halogens is 1. The second-order valence-corrected chi connectivity index (χ2v) is 4.28. The van der Waals surface area contributed by atoms with E-state index in [9.17, 15) is 4.79 Å². The number of rotatable bonds is 3. The highest BCUT2D eigenvalue weighted by Gasteiger charge is 2.17. The quantitative estimate of drug-likeness (QED) is 0.852. The molecule has 17 heavy (non-hydrogen) atoms. The summed E-state index contributed by atoms with van der Waals surface area (Å²) in [5, 5.41) is 3.86. The Bertz CT molecular complexity index is 547. The Balaban J connectivity index is 2.35. The lowest BCUT2D eigenvalue weighted by Crippen LogP contribution is -2.27. The van der Waals surface area contributed by atoms with E-state index in [0.29, 0.717) is 0 Å². The molecular weight excluding hydrogens is 238 g/mol. The summed E-state index contributed by atoms with van der Waals surface area (Å²) >= 11 is 5.46. The van der Waals surface area contributed by atoms with Gasteiger partial charge in [0, 0.05) is 10.9 Å². The Morgan fingerprint density at radius 1 is 1.47 bits per heavy atom. The number of carbonyl (C=O) groups is 1. The minimum absolute atomic E-state index is 0.0381. The van der Waals surface area contributed by atoms with Crippen LogP contribution in [-0.2, 0) is 4.79 Å². The molecule has 0 aliphatic rings. The number of alkyl halides is 1. The molecule has 2 rings (SSSR count). The average Bonchev–Trinajstić information content (AvgIpc) is 2.67. The number of hydrogen-bond acceptors (Lipinski definition) is 2. The number of fused-ring (bicyclic) bond motifs is 1. The van der Waals surface area contributed by atoms with Gasteiger partial charge in [-0.2, -0.15) is 0 Å². The molecule has 0 unspecified atom stereocenters. The average molecular weight is 252 g/mol. The third-order valence-corrected chi connectivity index (χ3v) is 3.02. The standard InChI is InChI=1S/C13H14ClNO2/c1-8-10-5-3-4-6-11(10)17-13(8)9(2)15-12(16)7-14/h3-6,9H,7H2,1-2H3,(H,15,16)/t9-/m1/s1. The molecule has 1 atom stereocenters.